The number of fused-ring (bicyclic) bond motifs is 3. The van der Waals surface area contributed by atoms with E-state index in [0.717, 1.165) is 19.5 Å². The van der Waals surface area contributed by atoms with Crippen molar-refractivity contribution in [3.8, 4) is 5.69 Å². The second-order valence-electron chi connectivity index (χ2n) is 10.3. The van der Waals surface area contributed by atoms with Gasteiger partial charge in [-0.05, 0) is 60.9 Å². The van der Waals surface area contributed by atoms with Gasteiger partial charge >= 0.3 is 0 Å². The van der Waals surface area contributed by atoms with E-state index in [1.807, 2.05) is 12.3 Å². The van der Waals surface area contributed by atoms with Crippen LogP contribution in [0.4, 0.5) is 5.69 Å². The van der Waals surface area contributed by atoms with Crippen LogP contribution in [0.25, 0.3) is 27.5 Å². The summed E-state index contributed by atoms with van der Waals surface area (Å²) in [4.78, 5) is 9.34. The van der Waals surface area contributed by atoms with Crippen LogP contribution in [-0.2, 0) is 5.41 Å². The van der Waals surface area contributed by atoms with Crippen molar-refractivity contribution in [1.29, 1.82) is 0 Å². The number of nitrogens with zero attached hydrogens (tertiary/aromatic N) is 4. The standard InChI is InChI=1S/C32H30N4/c1-34-19-20-35(23-34)25-14-15-28-27-11-2-3-12-29(27)36(30(28)22-25)26-10-8-9-24(21-26)32(16-5-6-17-32)31-13-4-7-18-33-31/h2-4,7-15,18-22H,5-6,16-17,23H2,1H3. The van der Waals surface area contributed by atoms with Crippen LogP contribution in [-0.4, -0.2) is 28.2 Å². The number of benzene rings is 3. The Labute approximate surface area is 212 Å². The Morgan fingerprint density at radius 1 is 0.722 bits per heavy atom. The maximum atomic E-state index is 4.84. The highest BCUT2D eigenvalue weighted by atomic mass is 15.3. The van der Waals surface area contributed by atoms with Gasteiger partial charge < -0.3 is 14.4 Å². The molecule has 5 aromatic rings. The van der Waals surface area contributed by atoms with Crippen molar-refractivity contribution in [3.05, 3.63) is 115 Å². The molecule has 178 valence electrons. The van der Waals surface area contributed by atoms with Crippen LogP contribution in [0.3, 0.4) is 0 Å². The van der Waals surface area contributed by atoms with Crippen LogP contribution in [0.15, 0.2) is 104 Å². The second kappa shape index (κ2) is 8.27. The highest BCUT2D eigenvalue weighted by Gasteiger charge is 2.38. The zero-order chi connectivity index (χ0) is 24.1. The Kier molecular flexibility index (Phi) is 4.88. The lowest BCUT2D eigenvalue weighted by atomic mass is 9.75. The molecule has 0 spiro atoms. The number of hydrogen-bond donors (Lipinski definition) is 0. The molecule has 0 bridgehead atoms. The minimum absolute atomic E-state index is 0.00782. The highest BCUT2D eigenvalue weighted by molar-refractivity contribution is 6.10. The Morgan fingerprint density at radius 3 is 2.36 bits per heavy atom. The van der Waals surface area contributed by atoms with Crippen LogP contribution in [0.2, 0.25) is 0 Å². The van der Waals surface area contributed by atoms with Crippen LogP contribution >= 0.6 is 0 Å². The summed E-state index contributed by atoms with van der Waals surface area (Å²) < 4.78 is 2.45. The van der Waals surface area contributed by atoms with E-state index in [0.29, 0.717) is 0 Å². The molecule has 1 aliphatic carbocycles. The molecule has 1 saturated carbocycles. The van der Waals surface area contributed by atoms with E-state index in [2.05, 4.69) is 113 Å². The predicted molar refractivity (Wildman–Crippen MR) is 149 cm³/mol. The van der Waals surface area contributed by atoms with Gasteiger partial charge in [-0.3, -0.25) is 4.98 Å². The molecule has 36 heavy (non-hydrogen) atoms. The van der Waals surface area contributed by atoms with E-state index < -0.39 is 0 Å². The van der Waals surface area contributed by atoms with E-state index in [-0.39, 0.29) is 5.41 Å². The molecule has 3 aromatic carbocycles. The van der Waals surface area contributed by atoms with Crippen molar-refractivity contribution in [2.24, 2.45) is 0 Å². The van der Waals surface area contributed by atoms with Gasteiger partial charge in [0.1, 0.15) is 0 Å². The molecule has 4 heteroatoms. The predicted octanol–water partition coefficient (Wildman–Crippen LogP) is 7.22. The highest BCUT2D eigenvalue weighted by Crippen LogP contribution is 2.46. The first-order chi connectivity index (χ1) is 17.7. The molecule has 2 aromatic heterocycles. The van der Waals surface area contributed by atoms with E-state index in [1.54, 1.807) is 0 Å². The number of anilines is 1. The molecule has 2 aliphatic rings. The van der Waals surface area contributed by atoms with Gasteiger partial charge in [0.05, 0.1) is 23.4 Å². The van der Waals surface area contributed by atoms with Crippen molar-refractivity contribution in [2.75, 3.05) is 18.6 Å². The SMILES string of the molecule is CN1C=CN(c2ccc3c4ccccc4n(-c4cccc(C5(c6ccccn6)CCCC5)c4)c3c2)C1. The Hall–Kier alpha value is -4.05. The quantitative estimate of drug-likeness (QED) is 0.277. The van der Waals surface area contributed by atoms with E-state index in [1.165, 1.54) is 57.3 Å². The van der Waals surface area contributed by atoms with Crippen molar-refractivity contribution < 1.29 is 0 Å². The van der Waals surface area contributed by atoms with Crippen LogP contribution < -0.4 is 4.90 Å². The minimum atomic E-state index is -0.00782. The van der Waals surface area contributed by atoms with E-state index >= 15 is 0 Å². The zero-order valence-corrected chi connectivity index (χ0v) is 20.6. The number of pyridine rings is 1. The third-order valence-electron chi connectivity index (χ3n) is 8.13. The molecule has 1 fully saturated rings. The fourth-order valence-electron chi connectivity index (χ4n) is 6.37. The average molecular weight is 471 g/mol. The fourth-order valence-corrected chi connectivity index (χ4v) is 6.37. The summed E-state index contributed by atoms with van der Waals surface area (Å²) in [5.41, 5.74) is 7.49. The third-order valence-corrected chi connectivity index (χ3v) is 8.13. The normalized spacial score (nSPS) is 17.0. The second-order valence-corrected chi connectivity index (χ2v) is 10.3. The molecule has 4 nitrogen and oxygen atoms in total. The topological polar surface area (TPSA) is 24.3 Å². The van der Waals surface area contributed by atoms with E-state index in [4.69, 9.17) is 4.98 Å². The van der Waals surface area contributed by atoms with Crippen molar-refractivity contribution in [1.82, 2.24) is 14.5 Å². The summed E-state index contributed by atoms with van der Waals surface area (Å²) >= 11 is 0. The maximum absolute atomic E-state index is 4.84. The molecule has 0 radical (unpaired) electrons. The molecule has 0 atom stereocenters. The molecule has 0 saturated heterocycles. The number of rotatable bonds is 4. The van der Waals surface area contributed by atoms with Gasteiger partial charge in [0.2, 0.25) is 0 Å². The van der Waals surface area contributed by atoms with Gasteiger partial charge in [0, 0.05) is 53.2 Å². The summed E-state index contributed by atoms with van der Waals surface area (Å²) in [6.07, 6.45) is 11.0. The van der Waals surface area contributed by atoms with Gasteiger partial charge in [0.25, 0.3) is 0 Å². The number of para-hydroxylation sites is 1. The molecular weight excluding hydrogens is 440 g/mol. The van der Waals surface area contributed by atoms with Gasteiger partial charge in [-0.1, -0.05) is 55.3 Å². The number of aromatic nitrogens is 2. The van der Waals surface area contributed by atoms with Crippen molar-refractivity contribution in [3.63, 3.8) is 0 Å². The number of hydrogen-bond acceptors (Lipinski definition) is 3. The Balaban J connectivity index is 1.43. The Morgan fingerprint density at radius 2 is 1.56 bits per heavy atom. The maximum Gasteiger partial charge on any atom is 0.0938 e. The van der Waals surface area contributed by atoms with Crippen molar-refractivity contribution in [2.45, 2.75) is 31.1 Å². The molecule has 0 N–H and O–H groups in total. The first-order valence-corrected chi connectivity index (χ1v) is 12.9. The third kappa shape index (κ3) is 3.25. The fraction of sp³-hybridized carbons (Fsp3) is 0.219. The summed E-state index contributed by atoms with van der Waals surface area (Å²) in [5.74, 6) is 0. The first kappa shape index (κ1) is 21.3. The molecule has 0 amide bonds. The van der Waals surface area contributed by atoms with Gasteiger partial charge in [-0.15, -0.1) is 0 Å². The van der Waals surface area contributed by atoms with Gasteiger partial charge in [-0.2, -0.15) is 0 Å². The summed E-state index contributed by atoms with van der Waals surface area (Å²) in [7, 11) is 2.11. The molecule has 0 unspecified atom stereocenters. The van der Waals surface area contributed by atoms with Crippen molar-refractivity contribution >= 4 is 27.5 Å². The van der Waals surface area contributed by atoms with E-state index in [9.17, 15) is 0 Å². The summed E-state index contributed by atoms with van der Waals surface area (Å²) in [6, 6.07) is 31.2. The first-order valence-electron chi connectivity index (χ1n) is 12.9. The van der Waals surface area contributed by atoms with Crippen LogP contribution in [0, 0.1) is 0 Å². The summed E-state index contributed by atoms with van der Waals surface area (Å²) in [6.45, 7) is 0.869. The van der Waals surface area contributed by atoms with Crippen LogP contribution in [0.1, 0.15) is 36.9 Å². The molecular formula is C32H30N4. The smallest absolute Gasteiger partial charge is 0.0938 e. The monoisotopic (exact) mass is 470 g/mol. The zero-order valence-electron chi connectivity index (χ0n) is 20.6. The van der Waals surface area contributed by atoms with Gasteiger partial charge in [0.15, 0.2) is 0 Å². The van der Waals surface area contributed by atoms with Crippen LogP contribution in [0.5, 0.6) is 0 Å². The molecule has 7 rings (SSSR count). The lowest BCUT2D eigenvalue weighted by Gasteiger charge is -2.30. The Bertz CT molecular complexity index is 1590. The molecule has 1 aliphatic heterocycles. The lowest BCUT2D eigenvalue weighted by molar-refractivity contribution is 0.496. The largest absolute Gasteiger partial charge is 0.361 e. The average Bonchev–Trinajstić information content (AvgIpc) is 3.67. The minimum Gasteiger partial charge on any atom is -0.361 e. The lowest BCUT2D eigenvalue weighted by Crippen LogP contribution is -2.25. The molecule has 3 heterocycles. The van der Waals surface area contributed by atoms with Gasteiger partial charge in [-0.25, -0.2) is 0 Å². The summed E-state index contributed by atoms with van der Waals surface area (Å²) in [5, 5.41) is 2.58.